The van der Waals surface area contributed by atoms with Crippen LogP contribution >= 0.6 is 0 Å². The van der Waals surface area contributed by atoms with Crippen LogP contribution in [0.2, 0.25) is 0 Å². The Kier molecular flexibility index (Phi) is 1.44. The maximum atomic E-state index is 10.4. The Bertz CT molecular complexity index is 369. The molecule has 2 heterocycles. The van der Waals surface area contributed by atoms with Crippen LogP contribution in [0, 0.1) is 0 Å². The standard InChI is InChI=1S/C6H5N5O2/c12-5(13)11-6-4(8-3-10-6)1-7-2-9-6/h1-3,11H,(H,12,13). The first kappa shape index (κ1) is 7.59. The van der Waals surface area contributed by atoms with Crippen molar-refractivity contribution in [3.05, 3.63) is 0 Å². The van der Waals surface area contributed by atoms with Crippen molar-refractivity contribution in [2.45, 2.75) is 5.79 Å². The van der Waals surface area contributed by atoms with Crippen molar-refractivity contribution in [2.75, 3.05) is 0 Å². The van der Waals surface area contributed by atoms with E-state index in [9.17, 15) is 4.79 Å². The normalized spacial score (nSPS) is 28.5. The van der Waals surface area contributed by atoms with Gasteiger partial charge in [0.05, 0.1) is 6.21 Å². The highest BCUT2D eigenvalue weighted by Gasteiger charge is 2.39. The summed E-state index contributed by atoms with van der Waals surface area (Å²) in [6, 6.07) is 0. The second kappa shape index (κ2) is 2.47. The average Bonchev–Trinajstić information content (AvgIpc) is 2.45. The first-order valence-electron chi connectivity index (χ1n) is 3.43. The van der Waals surface area contributed by atoms with Crippen LogP contribution in [-0.2, 0) is 0 Å². The van der Waals surface area contributed by atoms with Gasteiger partial charge in [-0.2, -0.15) is 0 Å². The summed E-state index contributed by atoms with van der Waals surface area (Å²) in [6.45, 7) is 0. The predicted octanol–water partition coefficient (Wildman–Crippen LogP) is -0.497. The van der Waals surface area contributed by atoms with Crippen molar-refractivity contribution in [2.24, 2.45) is 20.0 Å². The fourth-order valence-corrected chi connectivity index (χ4v) is 1.05. The molecule has 0 aromatic carbocycles. The molecule has 0 fully saturated rings. The predicted molar refractivity (Wildman–Crippen MR) is 46.8 cm³/mol. The van der Waals surface area contributed by atoms with E-state index in [0.717, 1.165) is 0 Å². The molecular formula is C6H5N5O2. The molecule has 0 aliphatic carbocycles. The van der Waals surface area contributed by atoms with Gasteiger partial charge in [0.1, 0.15) is 18.4 Å². The van der Waals surface area contributed by atoms with E-state index in [0.29, 0.717) is 5.71 Å². The number of fused-ring (bicyclic) bond motifs is 1. The van der Waals surface area contributed by atoms with E-state index in [1.54, 1.807) is 0 Å². The molecule has 2 N–H and O–H groups in total. The van der Waals surface area contributed by atoms with E-state index in [1.165, 1.54) is 18.9 Å². The highest BCUT2D eigenvalue weighted by molar-refractivity contribution is 6.39. The van der Waals surface area contributed by atoms with Crippen LogP contribution in [0.15, 0.2) is 20.0 Å². The van der Waals surface area contributed by atoms with E-state index in [1.807, 2.05) is 0 Å². The zero-order chi connectivity index (χ0) is 9.31. The van der Waals surface area contributed by atoms with E-state index >= 15 is 0 Å². The van der Waals surface area contributed by atoms with Crippen molar-refractivity contribution >= 4 is 30.7 Å². The molecule has 1 amide bonds. The van der Waals surface area contributed by atoms with Gasteiger partial charge in [0, 0.05) is 0 Å². The summed E-state index contributed by atoms with van der Waals surface area (Å²) in [7, 11) is 0. The number of carbonyl (C=O) groups is 1. The van der Waals surface area contributed by atoms with Crippen molar-refractivity contribution in [1.82, 2.24) is 5.32 Å². The summed E-state index contributed by atoms with van der Waals surface area (Å²) >= 11 is 0. The van der Waals surface area contributed by atoms with Gasteiger partial charge >= 0.3 is 6.09 Å². The van der Waals surface area contributed by atoms with E-state index < -0.39 is 11.9 Å². The lowest BCUT2D eigenvalue weighted by atomic mass is 10.2. The molecule has 13 heavy (non-hydrogen) atoms. The first-order valence-corrected chi connectivity index (χ1v) is 3.43. The Morgan fingerprint density at radius 1 is 1.46 bits per heavy atom. The van der Waals surface area contributed by atoms with E-state index in [-0.39, 0.29) is 0 Å². The van der Waals surface area contributed by atoms with Gasteiger partial charge in [-0.15, -0.1) is 0 Å². The summed E-state index contributed by atoms with van der Waals surface area (Å²) in [5.74, 6) is -1.30. The highest BCUT2D eigenvalue weighted by atomic mass is 16.4. The van der Waals surface area contributed by atoms with Gasteiger partial charge < -0.3 is 5.11 Å². The summed E-state index contributed by atoms with van der Waals surface area (Å²) < 4.78 is 0. The zero-order valence-electron chi connectivity index (χ0n) is 6.38. The third-order valence-electron chi connectivity index (χ3n) is 1.59. The van der Waals surface area contributed by atoms with Crippen LogP contribution in [0.1, 0.15) is 0 Å². The van der Waals surface area contributed by atoms with Gasteiger partial charge in [0.25, 0.3) is 5.79 Å². The SMILES string of the molecule is O=C(O)NC12N=CN=CC1=NC=N2. The van der Waals surface area contributed by atoms with Crippen LogP contribution in [0.5, 0.6) is 0 Å². The van der Waals surface area contributed by atoms with Crippen molar-refractivity contribution < 1.29 is 9.90 Å². The summed E-state index contributed by atoms with van der Waals surface area (Å²) in [6.07, 6.45) is 2.69. The van der Waals surface area contributed by atoms with Gasteiger partial charge in [-0.25, -0.2) is 24.8 Å². The minimum atomic E-state index is -1.30. The number of rotatable bonds is 1. The average molecular weight is 179 g/mol. The lowest BCUT2D eigenvalue weighted by molar-refractivity contribution is 0.187. The van der Waals surface area contributed by atoms with Crippen LogP contribution in [0.25, 0.3) is 0 Å². The largest absolute Gasteiger partial charge is 0.465 e. The molecule has 1 atom stereocenters. The Morgan fingerprint density at radius 2 is 2.23 bits per heavy atom. The van der Waals surface area contributed by atoms with Gasteiger partial charge in [-0.05, 0) is 0 Å². The minimum Gasteiger partial charge on any atom is -0.465 e. The summed E-state index contributed by atoms with van der Waals surface area (Å²) in [5.41, 5.74) is 0.373. The third-order valence-corrected chi connectivity index (χ3v) is 1.59. The van der Waals surface area contributed by atoms with Crippen LogP contribution in [-0.4, -0.2) is 41.6 Å². The van der Waals surface area contributed by atoms with Crippen molar-refractivity contribution in [3.8, 4) is 0 Å². The molecule has 0 saturated carbocycles. The molecule has 2 aliphatic heterocycles. The lowest BCUT2D eigenvalue weighted by Crippen LogP contribution is -2.51. The Hall–Kier alpha value is -2.05. The van der Waals surface area contributed by atoms with Gasteiger partial charge in [0.15, 0.2) is 0 Å². The number of hydrogen-bond donors (Lipinski definition) is 2. The van der Waals surface area contributed by atoms with E-state index in [2.05, 4.69) is 25.3 Å². The smallest absolute Gasteiger partial charge is 0.408 e. The van der Waals surface area contributed by atoms with Crippen LogP contribution < -0.4 is 5.32 Å². The lowest BCUT2D eigenvalue weighted by Gasteiger charge is -2.22. The Balaban J connectivity index is 2.35. The molecule has 0 bridgehead atoms. The number of carboxylic acid groups (broad SMARTS) is 1. The molecule has 0 aromatic heterocycles. The molecule has 7 nitrogen and oxygen atoms in total. The molecule has 0 radical (unpaired) electrons. The second-order valence-electron chi connectivity index (χ2n) is 2.38. The quantitative estimate of drug-likeness (QED) is 0.567. The fraction of sp³-hybridized carbons (Fsp3) is 0.167. The molecule has 0 saturated heterocycles. The minimum absolute atomic E-state index is 0.373. The number of hydrogen-bond acceptors (Lipinski definition) is 5. The first-order chi connectivity index (χ1) is 6.23. The van der Waals surface area contributed by atoms with E-state index in [4.69, 9.17) is 5.11 Å². The monoisotopic (exact) mass is 179 g/mol. The molecule has 2 rings (SSSR count). The molecule has 0 spiro atoms. The Morgan fingerprint density at radius 3 is 3.00 bits per heavy atom. The molecule has 0 aromatic rings. The second-order valence-corrected chi connectivity index (χ2v) is 2.38. The molecule has 7 heteroatoms. The zero-order valence-corrected chi connectivity index (χ0v) is 6.38. The van der Waals surface area contributed by atoms with Gasteiger partial charge in [0.2, 0.25) is 0 Å². The van der Waals surface area contributed by atoms with Crippen molar-refractivity contribution in [3.63, 3.8) is 0 Å². The van der Waals surface area contributed by atoms with Crippen molar-refractivity contribution in [1.29, 1.82) is 0 Å². The number of nitrogens with one attached hydrogen (secondary N) is 1. The fourth-order valence-electron chi connectivity index (χ4n) is 1.05. The third kappa shape index (κ3) is 1.10. The maximum Gasteiger partial charge on any atom is 0.408 e. The van der Waals surface area contributed by atoms with Crippen LogP contribution in [0.4, 0.5) is 4.79 Å². The number of amides is 1. The number of aliphatic imine (C=N–C) groups is 4. The summed E-state index contributed by atoms with van der Waals surface area (Å²) in [4.78, 5) is 25.6. The topological polar surface area (TPSA) is 98.8 Å². The molecular weight excluding hydrogens is 174 g/mol. The maximum absolute atomic E-state index is 10.4. The van der Waals surface area contributed by atoms with Gasteiger partial charge in [-0.1, -0.05) is 0 Å². The molecule has 66 valence electrons. The molecule has 1 unspecified atom stereocenters. The highest BCUT2D eigenvalue weighted by Crippen LogP contribution is 2.16. The molecule has 2 aliphatic rings. The summed E-state index contributed by atoms with van der Waals surface area (Å²) in [5, 5.41) is 10.7. The van der Waals surface area contributed by atoms with Crippen LogP contribution in [0.3, 0.4) is 0 Å². The Labute approximate surface area is 72.6 Å². The van der Waals surface area contributed by atoms with Gasteiger partial charge in [-0.3, -0.25) is 5.32 Å². The number of nitrogens with zero attached hydrogens (tertiary/aromatic N) is 4.